The Kier molecular flexibility index (Phi) is 3.87. The van der Waals surface area contributed by atoms with Gasteiger partial charge in [-0.25, -0.2) is 8.42 Å². The molecular formula is C14H22N2O2S. The van der Waals surface area contributed by atoms with Crippen molar-refractivity contribution < 1.29 is 8.42 Å². The minimum atomic E-state index is -2.82. The molecule has 1 aliphatic heterocycles. The first-order chi connectivity index (χ1) is 8.84. The number of hydrogen-bond acceptors (Lipinski definition) is 4. The van der Waals surface area contributed by atoms with Crippen molar-refractivity contribution in [2.45, 2.75) is 19.3 Å². The topological polar surface area (TPSA) is 63.4 Å². The molecule has 1 aromatic carbocycles. The van der Waals surface area contributed by atoms with Gasteiger partial charge in [0.15, 0.2) is 9.84 Å². The van der Waals surface area contributed by atoms with Crippen molar-refractivity contribution in [3.05, 3.63) is 29.8 Å². The molecule has 5 heteroatoms. The van der Waals surface area contributed by atoms with Gasteiger partial charge in [0.2, 0.25) is 0 Å². The molecule has 1 saturated heterocycles. The molecule has 0 spiro atoms. The Hall–Kier alpha value is -1.07. The van der Waals surface area contributed by atoms with Crippen LogP contribution in [-0.2, 0) is 15.3 Å². The Morgan fingerprint density at radius 2 is 1.68 bits per heavy atom. The lowest BCUT2D eigenvalue weighted by Gasteiger charge is -2.30. The lowest BCUT2D eigenvalue weighted by Crippen LogP contribution is -2.40. The van der Waals surface area contributed by atoms with E-state index in [2.05, 4.69) is 43.0 Å². The molecule has 106 valence electrons. The molecule has 0 aliphatic carbocycles. The highest BCUT2D eigenvalue weighted by Gasteiger charge is 2.22. The largest absolute Gasteiger partial charge is 0.369 e. The number of rotatable bonds is 3. The van der Waals surface area contributed by atoms with Gasteiger partial charge in [-0.05, 0) is 17.7 Å². The van der Waals surface area contributed by atoms with E-state index in [1.807, 2.05) is 0 Å². The summed E-state index contributed by atoms with van der Waals surface area (Å²) in [6.45, 7) is 6.02. The molecule has 2 N–H and O–H groups in total. The summed E-state index contributed by atoms with van der Waals surface area (Å²) in [7, 11) is -2.82. The summed E-state index contributed by atoms with van der Waals surface area (Å²) in [4.78, 5) is 2.13. The average molecular weight is 282 g/mol. The number of anilines is 1. The Morgan fingerprint density at radius 3 is 2.16 bits per heavy atom. The minimum Gasteiger partial charge on any atom is -0.369 e. The number of nitrogens with two attached hydrogens (primary N) is 1. The molecule has 0 saturated carbocycles. The fourth-order valence-corrected chi connectivity index (χ4v) is 3.41. The Balaban J connectivity index is 2.12. The lowest BCUT2D eigenvalue weighted by atomic mass is 9.85. The van der Waals surface area contributed by atoms with Crippen LogP contribution in [0.5, 0.6) is 0 Å². The molecule has 1 heterocycles. The summed E-state index contributed by atoms with van der Waals surface area (Å²) in [5.74, 6) is 0.506. The standard InChI is InChI=1S/C14H22N2O2S/c1-14(2,11-15)12-3-5-13(6-4-12)16-7-9-19(17,18)10-8-16/h3-6H,7-11,15H2,1-2H3. The van der Waals surface area contributed by atoms with Crippen LogP contribution in [-0.4, -0.2) is 39.6 Å². The van der Waals surface area contributed by atoms with E-state index < -0.39 is 9.84 Å². The van der Waals surface area contributed by atoms with Crippen molar-refractivity contribution in [1.29, 1.82) is 0 Å². The molecule has 1 fully saturated rings. The molecule has 1 aliphatic rings. The van der Waals surface area contributed by atoms with Crippen LogP contribution in [0, 0.1) is 0 Å². The number of nitrogens with zero attached hydrogens (tertiary/aromatic N) is 1. The lowest BCUT2D eigenvalue weighted by molar-refractivity contribution is 0.539. The van der Waals surface area contributed by atoms with E-state index in [0.717, 1.165) is 5.69 Å². The van der Waals surface area contributed by atoms with Gasteiger partial charge in [-0.2, -0.15) is 0 Å². The van der Waals surface area contributed by atoms with Gasteiger partial charge < -0.3 is 10.6 Å². The Labute approximate surface area is 115 Å². The summed E-state index contributed by atoms with van der Waals surface area (Å²) in [5, 5.41) is 0. The highest BCUT2D eigenvalue weighted by molar-refractivity contribution is 7.91. The number of hydrogen-bond donors (Lipinski definition) is 1. The summed E-state index contributed by atoms with van der Waals surface area (Å²) in [6, 6.07) is 8.30. The van der Waals surface area contributed by atoms with E-state index in [4.69, 9.17) is 5.73 Å². The van der Waals surface area contributed by atoms with Gasteiger partial charge in [0.05, 0.1) is 11.5 Å². The predicted molar refractivity (Wildman–Crippen MR) is 79.4 cm³/mol. The van der Waals surface area contributed by atoms with Gasteiger partial charge in [-0.1, -0.05) is 26.0 Å². The smallest absolute Gasteiger partial charge is 0.153 e. The van der Waals surface area contributed by atoms with E-state index in [1.54, 1.807) is 0 Å². The third kappa shape index (κ3) is 3.28. The van der Waals surface area contributed by atoms with Crippen LogP contribution in [0.4, 0.5) is 5.69 Å². The second-order valence-corrected chi connectivity index (χ2v) is 8.08. The molecule has 0 unspecified atom stereocenters. The van der Waals surface area contributed by atoms with Crippen LogP contribution in [0.15, 0.2) is 24.3 Å². The number of sulfone groups is 1. The molecule has 1 aromatic rings. The molecule has 19 heavy (non-hydrogen) atoms. The molecule has 2 rings (SSSR count). The van der Waals surface area contributed by atoms with Crippen LogP contribution in [0.3, 0.4) is 0 Å². The molecule has 0 amide bonds. The quantitative estimate of drug-likeness (QED) is 0.903. The van der Waals surface area contributed by atoms with Crippen LogP contribution in [0.25, 0.3) is 0 Å². The SMILES string of the molecule is CC(C)(CN)c1ccc(N2CCS(=O)(=O)CC2)cc1. The van der Waals surface area contributed by atoms with Gasteiger partial charge in [0, 0.05) is 30.7 Å². The van der Waals surface area contributed by atoms with E-state index in [9.17, 15) is 8.42 Å². The highest BCUT2D eigenvalue weighted by Crippen LogP contribution is 2.25. The first-order valence-corrected chi connectivity index (χ1v) is 8.42. The first kappa shape index (κ1) is 14.3. The third-order valence-electron chi connectivity index (χ3n) is 3.87. The van der Waals surface area contributed by atoms with Crippen molar-refractivity contribution in [2.75, 3.05) is 36.0 Å². The summed E-state index contributed by atoms with van der Waals surface area (Å²) in [5.41, 5.74) is 8.05. The Morgan fingerprint density at radius 1 is 1.16 bits per heavy atom. The molecule has 0 bridgehead atoms. The van der Waals surface area contributed by atoms with Crippen molar-refractivity contribution in [2.24, 2.45) is 5.73 Å². The normalized spacial score (nSPS) is 19.4. The maximum Gasteiger partial charge on any atom is 0.153 e. The second kappa shape index (κ2) is 5.13. The Bertz CT molecular complexity index is 521. The zero-order valence-corrected chi connectivity index (χ0v) is 12.4. The minimum absolute atomic E-state index is 0.0240. The van der Waals surface area contributed by atoms with Crippen LogP contribution in [0.1, 0.15) is 19.4 Å². The second-order valence-electron chi connectivity index (χ2n) is 5.77. The molecule has 4 nitrogen and oxygen atoms in total. The predicted octanol–water partition coefficient (Wildman–Crippen LogP) is 1.16. The monoisotopic (exact) mass is 282 g/mol. The first-order valence-electron chi connectivity index (χ1n) is 6.60. The van der Waals surface area contributed by atoms with Gasteiger partial charge in [0.25, 0.3) is 0 Å². The van der Waals surface area contributed by atoms with Gasteiger partial charge in [0.1, 0.15) is 0 Å². The van der Waals surface area contributed by atoms with Crippen LogP contribution in [0.2, 0.25) is 0 Å². The van der Waals surface area contributed by atoms with E-state index in [-0.39, 0.29) is 16.9 Å². The number of benzene rings is 1. The van der Waals surface area contributed by atoms with Crippen molar-refractivity contribution in [1.82, 2.24) is 0 Å². The third-order valence-corrected chi connectivity index (χ3v) is 5.48. The van der Waals surface area contributed by atoms with Crippen molar-refractivity contribution >= 4 is 15.5 Å². The summed E-state index contributed by atoms with van der Waals surface area (Å²) in [6.07, 6.45) is 0. The molecular weight excluding hydrogens is 260 g/mol. The summed E-state index contributed by atoms with van der Waals surface area (Å²) < 4.78 is 22.8. The molecule has 0 atom stereocenters. The van der Waals surface area contributed by atoms with E-state index >= 15 is 0 Å². The van der Waals surface area contributed by atoms with Gasteiger partial charge in [-0.3, -0.25) is 0 Å². The zero-order valence-electron chi connectivity index (χ0n) is 11.6. The van der Waals surface area contributed by atoms with Crippen LogP contribution >= 0.6 is 0 Å². The molecule has 0 aromatic heterocycles. The maximum atomic E-state index is 11.4. The van der Waals surface area contributed by atoms with E-state index in [0.29, 0.717) is 19.6 Å². The van der Waals surface area contributed by atoms with E-state index in [1.165, 1.54) is 5.56 Å². The van der Waals surface area contributed by atoms with Gasteiger partial charge in [-0.15, -0.1) is 0 Å². The van der Waals surface area contributed by atoms with Gasteiger partial charge >= 0.3 is 0 Å². The fourth-order valence-electron chi connectivity index (χ4n) is 2.21. The zero-order chi connectivity index (χ0) is 14.1. The maximum absolute atomic E-state index is 11.4. The van der Waals surface area contributed by atoms with Crippen molar-refractivity contribution in [3.8, 4) is 0 Å². The van der Waals surface area contributed by atoms with Crippen molar-refractivity contribution in [3.63, 3.8) is 0 Å². The highest BCUT2D eigenvalue weighted by atomic mass is 32.2. The summed E-state index contributed by atoms with van der Waals surface area (Å²) >= 11 is 0. The fraction of sp³-hybridized carbons (Fsp3) is 0.571. The van der Waals surface area contributed by atoms with Crippen LogP contribution < -0.4 is 10.6 Å². The molecule has 0 radical (unpaired) electrons. The average Bonchev–Trinajstić information content (AvgIpc) is 2.39.